The van der Waals surface area contributed by atoms with Crippen molar-refractivity contribution in [1.29, 1.82) is 0 Å². The SMILES string of the molecule is CC(CO)NC(=O)c1ccc(C(=O)Nc2ccccc2)cc1. The molecule has 3 N–H and O–H groups in total. The Morgan fingerprint density at radius 3 is 2.05 bits per heavy atom. The molecule has 0 saturated heterocycles. The first-order chi connectivity index (χ1) is 10.6. The molecule has 0 radical (unpaired) electrons. The number of anilines is 1. The van der Waals surface area contributed by atoms with E-state index >= 15 is 0 Å². The van der Waals surface area contributed by atoms with Crippen LogP contribution in [-0.2, 0) is 0 Å². The van der Waals surface area contributed by atoms with Crippen LogP contribution in [0.1, 0.15) is 27.6 Å². The highest BCUT2D eigenvalue weighted by Gasteiger charge is 2.11. The molecule has 2 aromatic carbocycles. The van der Waals surface area contributed by atoms with E-state index in [-0.39, 0.29) is 24.5 Å². The van der Waals surface area contributed by atoms with Crippen LogP contribution in [0, 0.1) is 0 Å². The highest BCUT2D eigenvalue weighted by Crippen LogP contribution is 2.10. The molecule has 0 fully saturated rings. The summed E-state index contributed by atoms with van der Waals surface area (Å²) in [4.78, 5) is 23.9. The first-order valence-corrected chi connectivity index (χ1v) is 6.98. The van der Waals surface area contributed by atoms with E-state index in [1.165, 1.54) is 0 Å². The smallest absolute Gasteiger partial charge is 0.255 e. The Morgan fingerprint density at radius 1 is 0.955 bits per heavy atom. The third-order valence-corrected chi connectivity index (χ3v) is 3.09. The van der Waals surface area contributed by atoms with E-state index in [2.05, 4.69) is 10.6 Å². The van der Waals surface area contributed by atoms with Gasteiger partial charge in [-0.25, -0.2) is 0 Å². The molecule has 0 heterocycles. The maximum atomic E-state index is 12.1. The van der Waals surface area contributed by atoms with Gasteiger partial charge >= 0.3 is 0 Å². The van der Waals surface area contributed by atoms with Gasteiger partial charge in [0.15, 0.2) is 0 Å². The van der Waals surface area contributed by atoms with Gasteiger partial charge in [0.25, 0.3) is 11.8 Å². The fourth-order valence-electron chi connectivity index (χ4n) is 1.85. The molecule has 0 aliphatic rings. The summed E-state index contributed by atoms with van der Waals surface area (Å²) in [7, 11) is 0. The Labute approximate surface area is 129 Å². The van der Waals surface area contributed by atoms with E-state index in [0.717, 1.165) is 0 Å². The first kappa shape index (κ1) is 15.7. The topological polar surface area (TPSA) is 78.4 Å². The van der Waals surface area contributed by atoms with E-state index in [1.54, 1.807) is 43.3 Å². The third-order valence-electron chi connectivity index (χ3n) is 3.09. The number of amides is 2. The Morgan fingerprint density at radius 2 is 1.50 bits per heavy atom. The molecule has 0 bridgehead atoms. The second kappa shape index (κ2) is 7.38. The summed E-state index contributed by atoms with van der Waals surface area (Å²) in [5.41, 5.74) is 1.62. The molecule has 0 aromatic heterocycles. The van der Waals surface area contributed by atoms with Crippen LogP contribution in [0.3, 0.4) is 0 Å². The summed E-state index contributed by atoms with van der Waals surface area (Å²) in [6, 6.07) is 15.2. The van der Waals surface area contributed by atoms with Gasteiger partial charge in [0.05, 0.1) is 6.61 Å². The van der Waals surface area contributed by atoms with Gasteiger partial charge in [0.1, 0.15) is 0 Å². The quantitative estimate of drug-likeness (QED) is 0.790. The average Bonchev–Trinajstić information content (AvgIpc) is 2.55. The van der Waals surface area contributed by atoms with Crippen LogP contribution >= 0.6 is 0 Å². The largest absolute Gasteiger partial charge is 0.394 e. The van der Waals surface area contributed by atoms with E-state index in [4.69, 9.17) is 5.11 Å². The van der Waals surface area contributed by atoms with Gasteiger partial charge in [-0.2, -0.15) is 0 Å². The number of nitrogens with one attached hydrogen (secondary N) is 2. The molecule has 2 aromatic rings. The molecular formula is C17H18N2O3. The summed E-state index contributed by atoms with van der Waals surface area (Å²) in [5, 5.41) is 14.3. The van der Waals surface area contributed by atoms with Crippen LogP contribution in [0.25, 0.3) is 0 Å². The monoisotopic (exact) mass is 298 g/mol. The third kappa shape index (κ3) is 4.17. The number of para-hydroxylation sites is 1. The number of hydrogen-bond acceptors (Lipinski definition) is 3. The number of aliphatic hydroxyl groups excluding tert-OH is 1. The molecule has 22 heavy (non-hydrogen) atoms. The normalized spacial score (nSPS) is 11.5. The van der Waals surface area contributed by atoms with Crippen molar-refractivity contribution in [3.8, 4) is 0 Å². The summed E-state index contributed by atoms with van der Waals surface area (Å²) in [5.74, 6) is -0.515. The maximum absolute atomic E-state index is 12.1. The van der Waals surface area contributed by atoms with Gasteiger partial charge < -0.3 is 15.7 Å². The lowest BCUT2D eigenvalue weighted by atomic mass is 10.1. The molecule has 2 rings (SSSR count). The van der Waals surface area contributed by atoms with E-state index in [0.29, 0.717) is 16.8 Å². The first-order valence-electron chi connectivity index (χ1n) is 6.98. The molecule has 1 atom stereocenters. The summed E-state index contributed by atoms with van der Waals surface area (Å²) < 4.78 is 0. The number of carbonyl (C=O) groups excluding carboxylic acids is 2. The van der Waals surface area contributed by atoms with Crippen molar-refractivity contribution >= 4 is 17.5 Å². The van der Waals surface area contributed by atoms with Gasteiger partial charge in [0.2, 0.25) is 0 Å². The van der Waals surface area contributed by atoms with Crippen LogP contribution in [0.2, 0.25) is 0 Å². The Bertz CT molecular complexity index is 639. The molecule has 5 heteroatoms. The highest BCUT2D eigenvalue weighted by atomic mass is 16.3. The number of hydrogen-bond donors (Lipinski definition) is 3. The van der Waals surface area contributed by atoms with Crippen LogP contribution in [-0.4, -0.2) is 29.6 Å². The van der Waals surface area contributed by atoms with E-state index < -0.39 is 0 Å². The molecular weight excluding hydrogens is 280 g/mol. The Kier molecular flexibility index (Phi) is 5.27. The molecule has 0 saturated carbocycles. The van der Waals surface area contributed by atoms with Crippen molar-refractivity contribution in [3.05, 3.63) is 65.7 Å². The zero-order valence-electron chi connectivity index (χ0n) is 12.2. The van der Waals surface area contributed by atoms with Gasteiger partial charge in [-0.3, -0.25) is 9.59 Å². The molecule has 1 unspecified atom stereocenters. The van der Waals surface area contributed by atoms with Crippen molar-refractivity contribution < 1.29 is 14.7 Å². The Hall–Kier alpha value is -2.66. The summed E-state index contributed by atoms with van der Waals surface area (Å²) >= 11 is 0. The predicted molar refractivity (Wildman–Crippen MR) is 84.9 cm³/mol. The standard InChI is InChI=1S/C17H18N2O3/c1-12(11-20)18-16(21)13-7-9-14(10-8-13)17(22)19-15-5-3-2-4-6-15/h2-10,12,20H,11H2,1H3,(H,18,21)(H,19,22). The molecule has 0 spiro atoms. The minimum Gasteiger partial charge on any atom is -0.394 e. The van der Waals surface area contributed by atoms with Crippen LogP contribution in [0.15, 0.2) is 54.6 Å². The number of aliphatic hydroxyl groups is 1. The lowest BCUT2D eigenvalue weighted by molar-refractivity contribution is 0.0921. The van der Waals surface area contributed by atoms with Crippen molar-refractivity contribution in [3.63, 3.8) is 0 Å². The second-order valence-corrected chi connectivity index (χ2v) is 4.95. The zero-order valence-corrected chi connectivity index (χ0v) is 12.2. The fraction of sp³-hybridized carbons (Fsp3) is 0.176. The lowest BCUT2D eigenvalue weighted by Gasteiger charge is -2.11. The van der Waals surface area contributed by atoms with Crippen molar-refractivity contribution in [2.45, 2.75) is 13.0 Å². The number of rotatable bonds is 5. The van der Waals surface area contributed by atoms with Gasteiger partial charge in [-0.1, -0.05) is 18.2 Å². The van der Waals surface area contributed by atoms with Gasteiger partial charge in [0, 0.05) is 22.9 Å². The number of benzene rings is 2. The minimum atomic E-state index is -0.312. The highest BCUT2D eigenvalue weighted by molar-refractivity contribution is 6.05. The van der Waals surface area contributed by atoms with Crippen molar-refractivity contribution in [2.75, 3.05) is 11.9 Å². The lowest BCUT2D eigenvalue weighted by Crippen LogP contribution is -2.34. The molecule has 2 amide bonds. The Balaban J connectivity index is 2.02. The zero-order chi connectivity index (χ0) is 15.9. The van der Waals surface area contributed by atoms with Gasteiger partial charge in [-0.15, -0.1) is 0 Å². The van der Waals surface area contributed by atoms with Crippen LogP contribution < -0.4 is 10.6 Å². The van der Waals surface area contributed by atoms with E-state index in [9.17, 15) is 9.59 Å². The van der Waals surface area contributed by atoms with Crippen molar-refractivity contribution in [1.82, 2.24) is 5.32 Å². The molecule has 5 nitrogen and oxygen atoms in total. The molecule has 0 aliphatic heterocycles. The summed E-state index contributed by atoms with van der Waals surface area (Å²) in [6.45, 7) is 1.59. The second-order valence-electron chi connectivity index (χ2n) is 4.95. The minimum absolute atomic E-state index is 0.122. The van der Waals surface area contributed by atoms with Gasteiger partial charge in [-0.05, 0) is 43.3 Å². The summed E-state index contributed by atoms with van der Waals surface area (Å²) in [6.07, 6.45) is 0. The predicted octanol–water partition coefficient (Wildman–Crippen LogP) is 2.05. The van der Waals surface area contributed by atoms with Crippen LogP contribution in [0.5, 0.6) is 0 Å². The average molecular weight is 298 g/mol. The van der Waals surface area contributed by atoms with Crippen LogP contribution in [0.4, 0.5) is 5.69 Å². The number of carbonyl (C=O) groups is 2. The van der Waals surface area contributed by atoms with E-state index in [1.807, 2.05) is 18.2 Å². The maximum Gasteiger partial charge on any atom is 0.255 e. The molecule has 114 valence electrons. The molecule has 0 aliphatic carbocycles. The van der Waals surface area contributed by atoms with Crippen molar-refractivity contribution in [2.24, 2.45) is 0 Å². The fourth-order valence-corrected chi connectivity index (χ4v) is 1.85.